The maximum absolute atomic E-state index is 5.53. The first-order valence-electron chi connectivity index (χ1n) is 5.24. The average Bonchev–Trinajstić information content (AvgIpc) is 2.60. The van der Waals surface area contributed by atoms with Crippen molar-refractivity contribution in [1.29, 1.82) is 0 Å². The molecular weight excluding hydrogens is 188 g/mol. The number of aryl methyl sites for hydroxylation is 1. The van der Waals surface area contributed by atoms with Crippen LogP contribution in [0.1, 0.15) is 30.8 Å². The third-order valence-electron chi connectivity index (χ3n) is 2.57. The minimum absolute atomic E-state index is 0.365. The van der Waals surface area contributed by atoms with Crippen LogP contribution < -0.4 is 5.73 Å². The Morgan fingerprint density at radius 1 is 1.40 bits per heavy atom. The number of aromatic nitrogens is 3. The number of hydrogen-bond acceptors (Lipinski definition) is 3. The van der Waals surface area contributed by atoms with Crippen molar-refractivity contribution in [3.63, 3.8) is 0 Å². The molecular formula is C11H16N4. The Kier molecular flexibility index (Phi) is 2.68. The quantitative estimate of drug-likeness (QED) is 0.799. The molecule has 0 spiro atoms. The molecule has 80 valence electrons. The molecule has 0 fully saturated rings. The fourth-order valence-corrected chi connectivity index (χ4v) is 1.63. The summed E-state index contributed by atoms with van der Waals surface area (Å²) in [6.45, 7) is 4.78. The molecule has 0 aliphatic carbocycles. The maximum Gasteiger partial charge on any atom is 0.177 e. The van der Waals surface area contributed by atoms with Crippen molar-refractivity contribution in [2.75, 3.05) is 6.54 Å². The van der Waals surface area contributed by atoms with Gasteiger partial charge in [-0.05, 0) is 32.0 Å². The van der Waals surface area contributed by atoms with Crippen LogP contribution in [0.25, 0.3) is 11.2 Å². The number of rotatable bonds is 3. The highest BCUT2D eigenvalue weighted by atomic mass is 15.0. The Balaban J connectivity index is 2.38. The highest BCUT2D eigenvalue weighted by Crippen LogP contribution is 2.18. The number of aromatic amines is 1. The van der Waals surface area contributed by atoms with Gasteiger partial charge in [0, 0.05) is 11.6 Å². The van der Waals surface area contributed by atoms with Crippen LogP contribution in [-0.2, 0) is 0 Å². The van der Waals surface area contributed by atoms with Crippen LogP contribution in [-0.4, -0.2) is 21.5 Å². The molecule has 0 aliphatic rings. The number of nitrogens with zero attached hydrogens (tertiary/aromatic N) is 2. The molecule has 2 heterocycles. The van der Waals surface area contributed by atoms with Crippen molar-refractivity contribution >= 4 is 11.2 Å². The first kappa shape index (κ1) is 10.1. The van der Waals surface area contributed by atoms with Crippen LogP contribution in [0.2, 0.25) is 0 Å². The van der Waals surface area contributed by atoms with E-state index in [2.05, 4.69) is 21.9 Å². The normalized spacial score (nSPS) is 13.3. The van der Waals surface area contributed by atoms with Gasteiger partial charge in [0.1, 0.15) is 5.82 Å². The summed E-state index contributed by atoms with van der Waals surface area (Å²) in [6, 6.07) is 4.00. The number of nitrogens with one attached hydrogen (secondary N) is 1. The Labute approximate surface area is 88.9 Å². The maximum atomic E-state index is 5.53. The SMILES string of the molecule is Cc1ccc2[nH]c(C(C)CCN)nc2n1. The molecule has 2 aromatic heterocycles. The fourth-order valence-electron chi connectivity index (χ4n) is 1.63. The molecule has 0 saturated heterocycles. The van der Waals surface area contributed by atoms with Gasteiger partial charge < -0.3 is 10.7 Å². The third kappa shape index (κ3) is 1.99. The molecule has 3 N–H and O–H groups in total. The van der Waals surface area contributed by atoms with Gasteiger partial charge in [0.05, 0.1) is 5.52 Å². The van der Waals surface area contributed by atoms with Gasteiger partial charge in [-0.25, -0.2) is 9.97 Å². The average molecular weight is 204 g/mol. The predicted molar refractivity (Wildman–Crippen MR) is 60.7 cm³/mol. The predicted octanol–water partition coefficient (Wildman–Crippen LogP) is 1.72. The van der Waals surface area contributed by atoms with E-state index >= 15 is 0 Å². The van der Waals surface area contributed by atoms with Crippen LogP contribution in [0.4, 0.5) is 0 Å². The van der Waals surface area contributed by atoms with Gasteiger partial charge in [-0.15, -0.1) is 0 Å². The summed E-state index contributed by atoms with van der Waals surface area (Å²) in [4.78, 5) is 12.1. The lowest BCUT2D eigenvalue weighted by Crippen LogP contribution is -2.05. The van der Waals surface area contributed by atoms with Crippen LogP contribution in [0.3, 0.4) is 0 Å². The van der Waals surface area contributed by atoms with E-state index in [4.69, 9.17) is 5.73 Å². The number of hydrogen-bond donors (Lipinski definition) is 2. The summed E-state index contributed by atoms with van der Waals surface area (Å²) in [5.74, 6) is 1.35. The van der Waals surface area contributed by atoms with Gasteiger partial charge in [-0.1, -0.05) is 6.92 Å². The molecule has 0 bridgehead atoms. The summed E-state index contributed by atoms with van der Waals surface area (Å²) in [6.07, 6.45) is 0.943. The number of imidazole rings is 1. The molecule has 4 nitrogen and oxygen atoms in total. The molecule has 1 unspecified atom stereocenters. The highest BCUT2D eigenvalue weighted by Gasteiger charge is 2.10. The molecule has 2 rings (SSSR count). The van der Waals surface area contributed by atoms with Gasteiger partial charge in [-0.2, -0.15) is 0 Å². The summed E-state index contributed by atoms with van der Waals surface area (Å²) >= 11 is 0. The second-order valence-corrected chi connectivity index (χ2v) is 3.92. The van der Waals surface area contributed by atoms with Crippen LogP contribution in [0.5, 0.6) is 0 Å². The smallest absolute Gasteiger partial charge is 0.177 e. The molecule has 2 aromatic rings. The molecule has 0 radical (unpaired) electrons. The van der Waals surface area contributed by atoms with E-state index in [0.29, 0.717) is 12.5 Å². The highest BCUT2D eigenvalue weighted by molar-refractivity contribution is 5.70. The van der Waals surface area contributed by atoms with E-state index < -0.39 is 0 Å². The standard InChI is InChI=1S/C11H16N4/c1-7(5-6-12)10-14-9-4-3-8(2)13-11(9)15-10/h3-4,7H,5-6,12H2,1-2H3,(H,13,14,15). The van der Waals surface area contributed by atoms with Gasteiger partial charge in [0.15, 0.2) is 5.65 Å². The van der Waals surface area contributed by atoms with Gasteiger partial charge in [-0.3, -0.25) is 0 Å². The topological polar surface area (TPSA) is 67.6 Å². The Hall–Kier alpha value is -1.42. The summed E-state index contributed by atoms with van der Waals surface area (Å²) in [7, 11) is 0. The largest absolute Gasteiger partial charge is 0.340 e. The lowest BCUT2D eigenvalue weighted by atomic mass is 10.1. The van der Waals surface area contributed by atoms with Crippen LogP contribution in [0.15, 0.2) is 12.1 Å². The van der Waals surface area contributed by atoms with E-state index in [-0.39, 0.29) is 0 Å². The Morgan fingerprint density at radius 3 is 2.93 bits per heavy atom. The zero-order valence-electron chi connectivity index (χ0n) is 9.12. The molecule has 1 atom stereocenters. The monoisotopic (exact) mass is 204 g/mol. The molecule has 15 heavy (non-hydrogen) atoms. The van der Waals surface area contributed by atoms with Crippen LogP contribution >= 0.6 is 0 Å². The molecule has 4 heteroatoms. The van der Waals surface area contributed by atoms with E-state index in [9.17, 15) is 0 Å². The van der Waals surface area contributed by atoms with Crippen molar-refractivity contribution in [2.45, 2.75) is 26.2 Å². The van der Waals surface area contributed by atoms with Crippen molar-refractivity contribution in [2.24, 2.45) is 5.73 Å². The summed E-state index contributed by atoms with van der Waals surface area (Å²) < 4.78 is 0. The fraction of sp³-hybridized carbons (Fsp3) is 0.455. The second kappa shape index (κ2) is 3.98. The first-order chi connectivity index (χ1) is 7.20. The van der Waals surface area contributed by atoms with E-state index in [1.807, 2.05) is 19.1 Å². The van der Waals surface area contributed by atoms with Gasteiger partial charge in [0.25, 0.3) is 0 Å². The molecule has 0 saturated carbocycles. The zero-order chi connectivity index (χ0) is 10.8. The van der Waals surface area contributed by atoms with E-state index in [0.717, 1.165) is 29.1 Å². The van der Waals surface area contributed by atoms with Crippen molar-refractivity contribution < 1.29 is 0 Å². The summed E-state index contributed by atoms with van der Waals surface area (Å²) in [5, 5.41) is 0. The van der Waals surface area contributed by atoms with E-state index in [1.54, 1.807) is 0 Å². The van der Waals surface area contributed by atoms with Crippen molar-refractivity contribution in [1.82, 2.24) is 15.0 Å². The first-order valence-corrected chi connectivity index (χ1v) is 5.24. The minimum atomic E-state index is 0.365. The third-order valence-corrected chi connectivity index (χ3v) is 2.57. The zero-order valence-corrected chi connectivity index (χ0v) is 9.12. The Bertz CT molecular complexity index is 461. The van der Waals surface area contributed by atoms with Crippen LogP contribution in [0, 0.1) is 6.92 Å². The molecule has 0 aromatic carbocycles. The minimum Gasteiger partial charge on any atom is -0.340 e. The molecule has 0 aliphatic heterocycles. The second-order valence-electron chi connectivity index (χ2n) is 3.92. The number of H-pyrrole nitrogens is 1. The number of pyridine rings is 1. The van der Waals surface area contributed by atoms with Gasteiger partial charge >= 0.3 is 0 Å². The summed E-state index contributed by atoms with van der Waals surface area (Å²) in [5.41, 5.74) is 8.32. The lowest BCUT2D eigenvalue weighted by molar-refractivity contribution is 0.657. The number of fused-ring (bicyclic) bond motifs is 1. The molecule has 0 amide bonds. The van der Waals surface area contributed by atoms with E-state index in [1.165, 1.54) is 0 Å². The van der Waals surface area contributed by atoms with Crippen molar-refractivity contribution in [3.05, 3.63) is 23.7 Å². The van der Waals surface area contributed by atoms with Crippen molar-refractivity contribution in [3.8, 4) is 0 Å². The van der Waals surface area contributed by atoms with Gasteiger partial charge in [0.2, 0.25) is 0 Å². The Morgan fingerprint density at radius 2 is 2.20 bits per heavy atom. The lowest BCUT2D eigenvalue weighted by Gasteiger charge is -2.04. The number of nitrogens with two attached hydrogens (primary N) is 1.